The molecular formula is C21H26ClN5O4S. The topological polar surface area (TPSA) is 128 Å². The van der Waals surface area contributed by atoms with Crippen LogP contribution in [-0.2, 0) is 21.2 Å². The SMILES string of the molecule is Cl.O.O=C(Nc1nc2cccc(-c3ccc(CN4CCS(=O)(=O)CC4)cc3)n2n1)C1CC1. The lowest BCUT2D eigenvalue weighted by molar-refractivity contribution is -0.117. The molecule has 0 radical (unpaired) electrons. The minimum absolute atomic E-state index is 0. The van der Waals surface area contributed by atoms with Gasteiger partial charge in [-0.05, 0) is 30.5 Å². The van der Waals surface area contributed by atoms with Crippen LogP contribution in [0, 0.1) is 5.92 Å². The van der Waals surface area contributed by atoms with E-state index in [-0.39, 0.29) is 41.2 Å². The van der Waals surface area contributed by atoms with Gasteiger partial charge in [0.25, 0.3) is 0 Å². The molecular weight excluding hydrogens is 454 g/mol. The third-order valence-corrected chi connectivity index (χ3v) is 7.24. The van der Waals surface area contributed by atoms with Crippen molar-refractivity contribution in [2.45, 2.75) is 19.4 Å². The zero-order chi connectivity index (χ0) is 20.7. The van der Waals surface area contributed by atoms with Gasteiger partial charge in [-0.3, -0.25) is 15.0 Å². The molecule has 1 amide bonds. The molecule has 1 aliphatic carbocycles. The number of benzene rings is 1. The van der Waals surface area contributed by atoms with Crippen molar-refractivity contribution in [2.24, 2.45) is 5.92 Å². The van der Waals surface area contributed by atoms with E-state index in [0.717, 1.165) is 36.2 Å². The number of fused-ring (bicyclic) bond motifs is 1. The van der Waals surface area contributed by atoms with E-state index < -0.39 is 9.84 Å². The molecule has 3 N–H and O–H groups in total. The highest BCUT2D eigenvalue weighted by atomic mass is 35.5. The van der Waals surface area contributed by atoms with Crippen LogP contribution in [0.4, 0.5) is 5.95 Å². The molecule has 11 heteroatoms. The van der Waals surface area contributed by atoms with Gasteiger partial charge in [0.15, 0.2) is 15.5 Å². The molecule has 3 aromatic rings. The summed E-state index contributed by atoms with van der Waals surface area (Å²) in [5.74, 6) is 0.889. The van der Waals surface area contributed by atoms with E-state index in [1.165, 1.54) is 0 Å². The number of carbonyl (C=O) groups excluding carboxylic acids is 1. The Morgan fingerprint density at radius 3 is 2.41 bits per heavy atom. The predicted octanol–water partition coefficient (Wildman–Crippen LogP) is 1.57. The predicted molar refractivity (Wildman–Crippen MR) is 125 cm³/mol. The van der Waals surface area contributed by atoms with Crippen LogP contribution in [0.3, 0.4) is 0 Å². The standard InChI is InChI=1S/C21H23N5O3S.ClH.H2O/c27-20(17-8-9-17)23-21-22-19-3-1-2-18(26(19)24-21)16-6-4-15(5-7-16)14-25-10-12-30(28,29)13-11-25;;/h1-7,17H,8-14H2,(H,23,24,27);1H;1H2. The maximum Gasteiger partial charge on any atom is 0.249 e. The molecule has 1 saturated carbocycles. The summed E-state index contributed by atoms with van der Waals surface area (Å²) in [4.78, 5) is 18.6. The second kappa shape index (κ2) is 9.53. The van der Waals surface area contributed by atoms with Gasteiger partial charge >= 0.3 is 0 Å². The highest BCUT2D eigenvalue weighted by Gasteiger charge is 2.30. The fourth-order valence-corrected chi connectivity index (χ4v) is 4.96. The highest BCUT2D eigenvalue weighted by molar-refractivity contribution is 7.91. The molecule has 0 bridgehead atoms. The molecule has 1 aliphatic heterocycles. The lowest BCUT2D eigenvalue weighted by Crippen LogP contribution is -2.39. The first-order valence-electron chi connectivity index (χ1n) is 10.2. The van der Waals surface area contributed by atoms with E-state index in [4.69, 9.17) is 0 Å². The Hall–Kier alpha value is -2.53. The van der Waals surface area contributed by atoms with Gasteiger partial charge < -0.3 is 5.48 Å². The molecule has 9 nitrogen and oxygen atoms in total. The van der Waals surface area contributed by atoms with E-state index >= 15 is 0 Å². The van der Waals surface area contributed by atoms with Crippen molar-refractivity contribution in [1.29, 1.82) is 0 Å². The number of sulfone groups is 1. The van der Waals surface area contributed by atoms with Crippen molar-refractivity contribution in [3.05, 3.63) is 48.0 Å². The van der Waals surface area contributed by atoms with Gasteiger partial charge in [0.1, 0.15) is 0 Å². The third kappa shape index (κ3) is 5.26. The number of hydrogen-bond acceptors (Lipinski definition) is 6. The van der Waals surface area contributed by atoms with Crippen molar-refractivity contribution >= 4 is 39.7 Å². The number of halogens is 1. The maximum atomic E-state index is 12.0. The number of aromatic nitrogens is 3. The lowest BCUT2D eigenvalue weighted by atomic mass is 10.1. The minimum Gasteiger partial charge on any atom is -0.412 e. The van der Waals surface area contributed by atoms with E-state index in [2.05, 4.69) is 32.4 Å². The van der Waals surface area contributed by atoms with Gasteiger partial charge in [-0.25, -0.2) is 12.9 Å². The molecule has 2 aliphatic rings. The fraction of sp³-hybridized carbons (Fsp3) is 0.381. The first-order valence-corrected chi connectivity index (χ1v) is 12.0. The Morgan fingerprint density at radius 1 is 1.06 bits per heavy atom. The molecule has 1 saturated heterocycles. The smallest absolute Gasteiger partial charge is 0.249 e. The molecule has 2 fully saturated rings. The van der Waals surface area contributed by atoms with Gasteiger partial charge in [0.2, 0.25) is 11.9 Å². The summed E-state index contributed by atoms with van der Waals surface area (Å²) in [6, 6.07) is 14.0. The molecule has 3 heterocycles. The van der Waals surface area contributed by atoms with Crippen molar-refractivity contribution in [3.63, 3.8) is 0 Å². The third-order valence-electron chi connectivity index (χ3n) is 5.64. The molecule has 0 atom stereocenters. The van der Waals surface area contributed by atoms with Crippen LogP contribution in [0.1, 0.15) is 18.4 Å². The quantitative estimate of drug-likeness (QED) is 0.591. The fourth-order valence-electron chi connectivity index (χ4n) is 3.68. The Labute approximate surface area is 192 Å². The summed E-state index contributed by atoms with van der Waals surface area (Å²) < 4.78 is 24.9. The number of anilines is 1. The number of nitrogens with one attached hydrogen (secondary N) is 1. The van der Waals surface area contributed by atoms with Crippen molar-refractivity contribution in [2.75, 3.05) is 29.9 Å². The zero-order valence-corrected chi connectivity index (χ0v) is 19.0. The number of hydrogen-bond donors (Lipinski definition) is 1. The van der Waals surface area contributed by atoms with E-state index in [9.17, 15) is 13.2 Å². The van der Waals surface area contributed by atoms with Gasteiger partial charge in [-0.15, -0.1) is 17.5 Å². The largest absolute Gasteiger partial charge is 0.412 e. The number of carbonyl (C=O) groups is 1. The number of pyridine rings is 1. The summed E-state index contributed by atoms with van der Waals surface area (Å²) in [6.07, 6.45) is 1.87. The second-order valence-electron chi connectivity index (χ2n) is 8.00. The van der Waals surface area contributed by atoms with Gasteiger partial charge in [-0.1, -0.05) is 30.3 Å². The number of rotatable bonds is 5. The summed E-state index contributed by atoms with van der Waals surface area (Å²) in [6.45, 7) is 1.90. The van der Waals surface area contributed by atoms with Gasteiger partial charge in [0, 0.05) is 31.1 Å². The number of amides is 1. The molecule has 2 aromatic heterocycles. The monoisotopic (exact) mass is 479 g/mol. The summed E-state index contributed by atoms with van der Waals surface area (Å²) in [5, 5.41) is 7.28. The van der Waals surface area contributed by atoms with Crippen LogP contribution in [0.2, 0.25) is 0 Å². The molecule has 172 valence electrons. The summed E-state index contributed by atoms with van der Waals surface area (Å²) in [7, 11) is -2.86. The first kappa shape index (κ1) is 24.1. The van der Waals surface area contributed by atoms with E-state index in [1.54, 1.807) is 4.52 Å². The van der Waals surface area contributed by atoms with Crippen LogP contribution in [-0.4, -0.2) is 63.9 Å². The zero-order valence-electron chi connectivity index (χ0n) is 17.4. The van der Waals surface area contributed by atoms with Crippen LogP contribution < -0.4 is 5.32 Å². The van der Waals surface area contributed by atoms with E-state index in [1.807, 2.05) is 30.3 Å². The second-order valence-corrected chi connectivity index (χ2v) is 10.3. The Balaban J connectivity index is 0.00000144. The van der Waals surface area contributed by atoms with Crippen LogP contribution >= 0.6 is 12.4 Å². The molecule has 0 unspecified atom stereocenters. The average molecular weight is 480 g/mol. The van der Waals surface area contributed by atoms with Crippen molar-refractivity contribution in [3.8, 4) is 11.3 Å². The van der Waals surface area contributed by atoms with Crippen LogP contribution in [0.5, 0.6) is 0 Å². The molecule has 32 heavy (non-hydrogen) atoms. The van der Waals surface area contributed by atoms with Gasteiger partial charge in [-0.2, -0.15) is 4.98 Å². The van der Waals surface area contributed by atoms with Crippen molar-refractivity contribution in [1.82, 2.24) is 19.5 Å². The molecule has 1 aromatic carbocycles. The highest BCUT2D eigenvalue weighted by Crippen LogP contribution is 2.30. The van der Waals surface area contributed by atoms with Crippen LogP contribution in [0.25, 0.3) is 16.9 Å². The van der Waals surface area contributed by atoms with Crippen LogP contribution in [0.15, 0.2) is 42.5 Å². The maximum absolute atomic E-state index is 12.0. The van der Waals surface area contributed by atoms with Crippen molar-refractivity contribution < 1.29 is 18.7 Å². The Morgan fingerprint density at radius 2 is 1.75 bits per heavy atom. The molecule has 5 rings (SSSR count). The summed E-state index contributed by atoms with van der Waals surface area (Å²) >= 11 is 0. The Kier molecular flexibility index (Phi) is 7.19. The normalized spacial score (nSPS) is 17.9. The first-order chi connectivity index (χ1) is 14.5. The lowest BCUT2D eigenvalue weighted by Gasteiger charge is -2.26. The molecule has 0 spiro atoms. The summed E-state index contributed by atoms with van der Waals surface area (Å²) in [5.41, 5.74) is 3.71. The Bertz CT molecular complexity index is 1190. The average Bonchev–Trinajstić information content (AvgIpc) is 3.50. The number of nitrogens with zero attached hydrogens (tertiary/aromatic N) is 4. The van der Waals surface area contributed by atoms with Gasteiger partial charge in [0.05, 0.1) is 17.2 Å². The minimum atomic E-state index is -2.86. The van der Waals surface area contributed by atoms with E-state index in [0.29, 0.717) is 24.7 Å².